The molecule has 0 unspecified atom stereocenters. The first-order valence-corrected chi connectivity index (χ1v) is 6.32. The molecule has 2 rings (SSSR count). The van der Waals surface area contributed by atoms with E-state index >= 15 is 0 Å². The van der Waals surface area contributed by atoms with Crippen molar-refractivity contribution in [2.75, 3.05) is 6.61 Å². The smallest absolute Gasteiger partial charge is 0.120 e. The Labute approximate surface area is 109 Å². The zero-order valence-corrected chi connectivity index (χ0v) is 11.4. The van der Waals surface area contributed by atoms with Crippen LogP contribution >= 0.6 is 0 Å². The van der Waals surface area contributed by atoms with E-state index in [0.717, 1.165) is 12.3 Å². The molecule has 2 aromatic rings. The Morgan fingerprint density at radius 3 is 2.72 bits per heavy atom. The molecule has 0 aliphatic carbocycles. The van der Waals surface area contributed by atoms with Crippen LogP contribution in [0.15, 0.2) is 43.1 Å². The average Bonchev–Trinajstić information content (AvgIpc) is 2.67. The predicted octanol–water partition coefficient (Wildman–Crippen LogP) is 4.25. The third-order valence-corrected chi connectivity index (χ3v) is 2.76. The molecule has 2 heteroatoms. The van der Waals surface area contributed by atoms with Crippen LogP contribution in [0, 0.1) is 5.41 Å². The highest BCUT2D eigenvalue weighted by molar-refractivity contribution is 5.81. The summed E-state index contributed by atoms with van der Waals surface area (Å²) in [6.07, 6.45) is 3.90. The fourth-order valence-electron chi connectivity index (χ4n) is 2.07. The summed E-state index contributed by atoms with van der Waals surface area (Å²) in [4.78, 5) is 0. The van der Waals surface area contributed by atoms with E-state index in [0.29, 0.717) is 6.61 Å². The van der Waals surface area contributed by atoms with Crippen LogP contribution in [-0.4, -0.2) is 11.2 Å². The molecule has 0 bridgehead atoms. The molecule has 0 aliphatic heterocycles. The van der Waals surface area contributed by atoms with Crippen molar-refractivity contribution in [3.8, 4) is 5.75 Å². The monoisotopic (exact) mass is 243 g/mol. The van der Waals surface area contributed by atoms with Crippen molar-refractivity contribution in [3.05, 3.63) is 43.1 Å². The SMILES string of the molecule is C=CCOc1ccc2c(ccn2CC(C)(C)C)c1. The lowest BCUT2D eigenvalue weighted by atomic mass is 9.97. The normalized spacial score (nSPS) is 11.7. The molecule has 0 atom stereocenters. The van der Waals surface area contributed by atoms with Gasteiger partial charge in [0, 0.05) is 23.6 Å². The van der Waals surface area contributed by atoms with Crippen LogP contribution in [0.1, 0.15) is 20.8 Å². The van der Waals surface area contributed by atoms with E-state index in [4.69, 9.17) is 4.74 Å². The van der Waals surface area contributed by atoms with Crippen molar-refractivity contribution in [1.82, 2.24) is 4.57 Å². The van der Waals surface area contributed by atoms with Gasteiger partial charge >= 0.3 is 0 Å². The van der Waals surface area contributed by atoms with Gasteiger partial charge in [0.25, 0.3) is 0 Å². The first-order chi connectivity index (χ1) is 8.49. The predicted molar refractivity (Wildman–Crippen MR) is 77.1 cm³/mol. The molecule has 2 nitrogen and oxygen atoms in total. The largest absolute Gasteiger partial charge is 0.490 e. The summed E-state index contributed by atoms with van der Waals surface area (Å²) >= 11 is 0. The van der Waals surface area contributed by atoms with Crippen LogP contribution in [-0.2, 0) is 6.54 Å². The molecule has 0 radical (unpaired) electrons. The van der Waals surface area contributed by atoms with Gasteiger partial charge in [-0.2, -0.15) is 0 Å². The highest BCUT2D eigenvalue weighted by Crippen LogP contribution is 2.25. The lowest BCUT2D eigenvalue weighted by molar-refractivity contribution is 0.349. The molecule has 1 aromatic heterocycles. The van der Waals surface area contributed by atoms with Gasteiger partial charge in [-0.15, -0.1) is 0 Å². The van der Waals surface area contributed by atoms with Crippen molar-refractivity contribution >= 4 is 10.9 Å². The summed E-state index contributed by atoms with van der Waals surface area (Å²) in [6.45, 7) is 12.0. The minimum absolute atomic E-state index is 0.282. The molecular weight excluding hydrogens is 222 g/mol. The van der Waals surface area contributed by atoms with Gasteiger partial charge in [-0.05, 0) is 29.7 Å². The third kappa shape index (κ3) is 2.95. The maximum absolute atomic E-state index is 5.55. The number of nitrogens with zero attached hydrogens (tertiary/aromatic N) is 1. The van der Waals surface area contributed by atoms with E-state index in [9.17, 15) is 0 Å². The highest BCUT2D eigenvalue weighted by atomic mass is 16.5. The second kappa shape index (κ2) is 4.89. The molecular formula is C16H21NO. The molecule has 0 saturated carbocycles. The molecule has 0 aliphatic rings. The zero-order chi connectivity index (χ0) is 13.2. The van der Waals surface area contributed by atoms with Gasteiger partial charge in [0.15, 0.2) is 0 Å². The maximum Gasteiger partial charge on any atom is 0.120 e. The molecule has 0 N–H and O–H groups in total. The Kier molecular flexibility index (Phi) is 3.46. The van der Waals surface area contributed by atoms with Crippen LogP contribution in [0.2, 0.25) is 0 Å². The fraction of sp³-hybridized carbons (Fsp3) is 0.375. The Bertz CT molecular complexity index is 546. The molecule has 18 heavy (non-hydrogen) atoms. The minimum Gasteiger partial charge on any atom is -0.490 e. The summed E-state index contributed by atoms with van der Waals surface area (Å²) in [7, 11) is 0. The van der Waals surface area contributed by atoms with Crippen molar-refractivity contribution in [3.63, 3.8) is 0 Å². The molecule has 0 amide bonds. The van der Waals surface area contributed by atoms with Gasteiger partial charge < -0.3 is 9.30 Å². The summed E-state index contributed by atoms with van der Waals surface area (Å²) in [6, 6.07) is 8.37. The van der Waals surface area contributed by atoms with E-state index in [1.54, 1.807) is 6.08 Å². The molecule has 0 saturated heterocycles. The van der Waals surface area contributed by atoms with Crippen LogP contribution < -0.4 is 4.74 Å². The van der Waals surface area contributed by atoms with Crippen molar-refractivity contribution in [2.24, 2.45) is 5.41 Å². The number of ether oxygens (including phenoxy) is 1. The van der Waals surface area contributed by atoms with Gasteiger partial charge in [-0.3, -0.25) is 0 Å². The first-order valence-electron chi connectivity index (χ1n) is 6.32. The van der Waals surface area contributed by atoms with Gasteiger partial charge in [-0.1, -0.05) is 33.4 Å². The van der Waals surface area contributed by atoms with Gasteiger partial charge in [-0.25, -0.2) is 0 Å². The first kappa shape index (κ1) is 12.7. The lowest BCUT2D eigenvalue weighted by Crippen LogP contribution is -2.14. The van der Waals surface area contributed by atoms with Crippen molar-refractivity contribution < 1.29 is 4.74 Å². The molecule has 0 fully saturated rings. The average molecular weight is 243 g/mol. The number of hydrogen-bond acceptors (Lipinski definition) is 1. The molecule has 1 heterocycles. The number of benzene rings is 1. The Morgan fingerprint density at radius 2 is 2.06 bits per heavy atom. The van der Waals surface area contributed by atoms with Crippen LogP contribution in [0.4, 0.5) is 0 Å². The summed E-state index contributed by atoms with van der Waals surface area (Å²) in [5.74, 6) is 0.899. The van der Waals surface area contributed by atoms with E-state index < -0.39 is 0 Å². The van der Waals surface area contributed by atoms with Gasteiger partial charge in [0.2, 0.25) is 0 Å². The lowest BCUT2D eigenvalue weighted by Gasteiger charge is -2.19. The highest BCUT2D eigenvalue weighted by Gasteiger charge is 2.12. The molecule has 0 spiro atoms. The maximum atomic E-state index is 5.55. The van der Waals surface area contributed by atoms with Crippen molar-refractivity contribution in [1.29, 1.82) is 0 Å². The Morgan fingerprint density at radius 1 is 1.28 bits per heavy atom. The number of rotatable bonds is 4. The van der Waals surface area contributed by atoms with Crippen molar-refractivity contribution in [2.45, 2.75) is 27.3 Å². The zero-order valence-electron chi connectivity index (χ0n) is 11.4. The summed E-state index contributed by atoms with van der Waals surface area (Å²) < 4.78 is 7.84. The van der Waals surface area contributed by atoms with Gasteiger partial charge in [0.1, 0.15) is 12.4 Å². The van der Waals surface area contributed by atoms with Gasteiger partial charge in [0.05, 0.1) is 0 Å². The second-order valence-corrected chi connectivity index (χ2v) is 5.82. The second-order valence-electron chi connectivity index (χ2n) is 5.82. The molecule has 1 aromatic carbocycles. The number of fused-ring (bicyclic) bond motifs is 1. The Hall–Kier alpha value is -1.70. The number of hydrogen-bond donors (Lipinski definition) is 0. The van der Waals surface area contributed by atoms with Crippen LogP contribution in [0.3, 0.4) is 0 Å². The number of aromatic nitrogens is 1. The van der Waals surface area contributed by atoms with E-state index in [2.05, 4.69) is 56.3 Å². The minimum atomic E-state index is 0.282. The van der Waals surface area contributed by atoms with Crippen LogP contribution in [0.25, 0.3) is 10.9 Å². The summed E-state index contributed by atoms with van der Waals surface area (Å²) in [5, 5.41) is 1.22. The topological polar surface area (TPSA) is 14.2 Å². The standard InChI is InChI=1S/C16H21NO/c1-5-10-18-14-6-7-15-13(11-14)8-9-17(15)12-16(2,3)4/h5-9,11H,1,10,12H2,2-4H3. The molecule has 96 valence electrons. The fourth-order valence-corrected chi connectivity index (χ4v) is 2.07. The Balaban J connectivity index is 2.29. The quantitative estimate of drug-likeness (QED) is 0.732. The van der Waals surface area contributed by atoms with E-state index in [-0.39, 0.29) is 5.41 Å². The van der Waals surface area contributed by atoms with E-state index in [1.807, 2.05) is 6.07 Å². The summed E-state index contributed by atoms with van der Waals surface area (Å²) in [5.41, 5.74) is 1.54. The van der Waals surface area contributed by atoms with E-state index in [1.165, 1.54) is 10.9 Å². The third-order valence-electron chi connectivity index (χ3n) is 2.76. The van der Waals surface area contributed by atoms with Crippen LogP contribution in [0.5, 0.6) is 5.75 Å².